The average Bonchev–Trinajstić information content (AvgIpc) is 3.01. The summed E-state index contributed by atoms with van der Waals surface area (Å²) in [5, 5.41) is 1.78. The number of furan rings is 1. The third kappa shape index (κ3) is 2.83. The first-order chi connectivity index (χ1) is 14.7. The number of carbonyl (C=O) groups excluding carboxylic acids is 1. The zero-order valence-electron chi connectivity index (χ0n) is 17.4. The smallest absolute Gasteiger partial charge is 0.336 e. The van der Waals surface area contributed by atoms with Crippen LogP contribution in [-0.2, 0) is 0 Å². The van der Waals surface area contributed by atoms with Gasteiger partial charge in [-0.1, -0.05) is 11.6 Å². The van der Waals surface area contributed by atoms with Gasteiger partial charge in [-0.05, 0) is 45.9 Å². The summed E-state index contributed by atoms with van der Waals surface area (Å²) >= 11 is 0. The quantitative estimate of drug-likeness (QED) is 0.282. The van der Waals surface area contributed by atoms with Crippen molar-refractivity contribution in [3.63, 3.8) is 0 Å². The maximum atomic E-state index is 12.9. The molecule has 5 rings (SSSR count). The summed E-state index contributed by atoms with van der Waals surface area (Å²) < 4.78 is 17.2. The molecule has 0 aliphatic heterocycles. The van der Waals surface area contributed by atoms with Crippen LogP contribution in [0.2, 0.25) is 0 Å². The molecule has 0 saturated heterocycles. The normalized spacial score (nSPS) is 11.6. The summed E-state index contributed by atoms with van der Waals surface area (Å²) in [7, 11) is 0. The summed E-state index contributed by atoms with van der Waals surface area (Å²) in [4.78, 5) is 37.0. The first kappa shape index (κ1) is 19.1. The van der Waals surface area contributed by atoms with Gasteiger partial charge in [-0.25, -0.2) is 4.79 Å². The molecule has 0 aliphatic rings. The topological polar surface area (TPSA) is 90.6 Å². The summed E-state index contributed by atoms with van der Waals surface area (Å²) in [6, 6.07) is 10.3. The van der Waals surface area contributed by atoms with Crippen molar-refractivity contribution >= 4 is 38.7 Å². The molecule has 0 unspecified atom stereocenters. The van der Waals surface area contributed by atoms with Crippen molar-refractivity contribution < 1.29 is 18.0 Å². The molecule has 3 heterocycles. The highest BCUT2D eigenvalue weighted by Crippen LogP contribution is 2.37. The van der Waals surface area contributed by atoms with E-state index in [0.717, 1.165) is 16.5 Å². The number of rotatable bonds is 2. The van der Waals surface area contributed by atoms with Gasteiger partial charge in [-0.3, -0.25) is 9.59 Å². The van der Waals surface area contributed by atoms with Crippen LogP contribution in [0.15, 0.2) is 59.2 Å². The van der Waals surface area contributed by atoms with E-state index in [1.54, 1.807) is 25.1 Å². The first-order valence-corrected chi connectivity index (χ1v) is 9.81. The summed E-state index contributed by atoms with van der Waals surface area (Å²) in [6.07, 6.45) is 0. The van der Waals surface area contributed by atoms with Gasteiger partial charge in [0.2, 0.25) is 5.43 Å². The molecule has 0 aliphatic carbocycles. The average molecular weight is 414 g/mol. The fourth-order valence-electron chi connectivity index (χ4n) is 4.15. The Balaban J connectivity index is 1.87. The Labute approximate surface area is 175 Å². The van der Waals surface area contributed by atoms with Crippen LogP contribution in [0, 0.1) is 20.8 Å². The van der Waals surface area contributed by atoms with Crippen LogP contribution >= 0.6 is 0 Å². The van der Waals surface area contributed by atoms with Gasteiger partial charge in [0, 0.05) is 34.0 Å². The third-order valence-electron chi connectivity index (χ3n) is 5.62. The van der Waals surface area contributed by atoms with E-state index in [9.17, 15) is 14.4 Å². The van der Waals surface area contributed by atoms with E-state index in [4.69, 9.17) is 13.3 Å². The van der Waals surface area contributed by atoms with Crippen molar-refractivity contribution in [3.8, 4) is 11.3 Å². The second-order valence-corrected chi connectivity index (χ2v) is 7.80. The van der Waals surface area contributed by atoms with Crippen LogP contribution in [0.1, 0.15) is 34.2 Å². The van der Waals surface area contributed by atoms with E-state index >= 15 is 0 Å². The van der Waals surface area contributed by atoms with E-state index in [0.29, 0.717) is 38.8 Å². The molecule has 0 spiro atoms. The molecule has 154 valence electrons. The molecular weight excluding hydrogens is 396 g/mol. The van der Waals surface area contributed by atoms with Crippen molar-refractivity contribution in [2.45, 2.75) is 27.7 Å². The Kier molecular flexibility index (Phi) is 4.02. The molecule has 0 saturated carbocycles. The van der Waals surface area contributed by atoms with Crippen LogP contribution in [0.3, 0.4) is 0 Å². The van der Waals surface area contributed by atoms with E-state index < -0.39 is 5.63 Å². The van der Waals surface area contributed by atoms with E-state index in [2.05, 4.69) is 0 Å². The first-order valence-electron chi connectivity index (χ1n) is 9.81. The van der Waals surface area contributed by atoms with Crippen molar-refractivity contribution in [1.29, 1.82) is 0 Å². The molecule has 3 aromatic heterocycles. The maximum Gasteiger partial charge on any atom is 0.336 e. The predicted octanol–water partition coefficient (Wildman–Crippen LogP) is 5.44. The highest BCUT2D eigenvalue weighted by Gasteiger charge is 2.21. The Hall–Kier alpha value is -3.93. The molecular formula is C25H18O6. The van der Waals surface area contributed by atoms with E-state index in [-0.39, 0.29) is 22.5 Å². The summed E-state index contributed by atoms with van der Waals surface area (Å²) in [6.45, 7) is 6.76. The second-order valence-electron chi connectivity index (χ2n) is 7.80. The number of benzene rings is 2. The zero-order chi connectivity index (χ0) is 22.0. The molecule has 0 N–H and O–H groups in total. The Bertz CT molecular complexity index is 1680. The van der Waals surface area contributed by atoms with Crippen molar-refractivity contribution in [1.82, 2.24) is 0 Å². The third-order valence-corrected chi connectivity index (χ3v) is 5.62. The minimum atomic E-state index is -0.477. The minimum absolute atomic E-state index is 0.0513. The fraction of sp³-hybridized carbons (Fsp3) is 0.160. The fourth-order valence-corrected chi connectivity index (χ4v) is 4.15. The number of carbonyl (C=O) groups is 1. The number of aryl methyl sites for hydroxylation is 3. The van der Waals surface area contributed by atoms with Crippen molar-refractivity contribution in [2.75, 3.05) is 0 Å². The van der Waals surface area contributed by atoms with Gasteiger partial charge in [-0.15, -0.1) is 0 Å². The highest BCUT2D eigenvalue weighted by atomic mass is 16.4. The lowest BCUT2D eigenvalue weighted by atomic mass is 10.0. The Morgan fingerprint density at radius 3 is 2.26 bits per heavy atom. The number of hydrogen-bond acceptors (Lipinski definition) is 6. The van der Waals surface area contributed by atoms with Crippen LogP contribution in [-0.4, -0.2) is 5.78 Å². The van der Waals surface area contributed by atoms with Crippen molar-refractivity contribution in [3.05, 3.63) is 79.5 Å². The molecule has 6 heteroatoms. The van der Waals surface area contributed by atoms with Crippen LogP contribution < -0.4 is 11.1 Å². The van der Waals surface area contributed by atoms with Gasteiger partial charge >= 0.3 is 5.63 Å². The second kappa shape index (κ2) is 6.54. The molecule has 0 fully saturated rings. The molecule has 0 radical (unpaired) electrons. The molecule has 6 nitrogen and oxygen atoms in total. The lowest BCUT2D eigenvalue weighted by molar-refractivity contribution is 0.101. The lowest BCUT2D eigenvalue weighted by Crippen LogP contribution is -2.15. The van der Waals surface area contributed by atoms with Gasteiger partial charge in [-0.2, -0.15) is 0 Å². The SMILES string of the molecule is CC(=O)c1c(C)oc2cc3oc(-c4cc(=O)oc5ccc(C)cc45)c(C)c3cc2c1=O. The van der Waals surface area contributed by atoms with Gasteiger partial charge in [0.05, 0.1) is 5.39 Å². The van der Waals surface area contributed by atoms with Crippen LogP contribution in [0.25, 0.3) is 44.2 Å². The summed E-state index contributed by atoms with van der Waals surface area (Å²) in [5.74, 6) is 0.454. The van der Waals surface area contributed by atoms with Gasteiger partial charge < -0.3 is 13.3 Å². The zero-order valence-corrected chi connectivity index (χ0v) is 17.4. The molecule has 0 atom stereocenters. The molecule has 0 bridgehead atoms. The largest absolute Gasteiger partial charge is 0.460 e. The molecule has 0 amide bonds. The monoisotopic (exact) mass is 414 g/mol. The standard InChI is InChI=1S/C25H18O6/c1-11-5-6-19-16(7-11)17(9-22(27)30-19)25-12(2)15-8-18-21(10-20(15)31-25)29-14(4)23(13(3)26)24(18)28/h5-10H,1-4H3. The Morgan fingerprint density at radius 2 is 1.52 bits per heavy atom. The molecule has 5 aromatic rings. The van der Waals surface area contributed by atoms with Crippen LogP contribution in [0.5, 0.6) is 0 Å². The van der Waals surface area contributed by atoms with Gasteiger partial charge in [0.1, 0.15) is 33.8 Å². The highest BCUT2D eigenvalue weighted by molar-refractivity contribution is 6.03. The Morgan fingerprint density at radius 1 is 0.774 bits per heavy atom. The number of hydrogen-bond donors (Lipinski definition) is 0. The number of ketones is 1. The van der Waals surface area contributed by atoms with Gasteiger partial charge in [0.25, 0.3) is 0 Å². The van der Waals surface area contributed by atoms with Crippen molar-refractivity contribution in [2.24, 2.45) is 0 Å². The van der Waals surface area contributed by atoms with Gasteiger partial charge in [0.15, 0.2) is 5.78 Å². The summed E-state index contributed by atoms with van der Waals surface area (Å²) in [5.41, 5.74) is 2.95. The number of Topliss-reactive ketones (excluding diaryl/α,β-unsaturated/α-hetero) is 1. The molecule has 31 heavy (non-hydrogen) atoms. The van der Waals surface area contributed by atoms with E-state index in [1.165, 1.54) is 13.0 Å². The van der Waals surface area contributed by atoms with E-state index in [1.807, 2.05) is 26.0 Å². The molecule has 2 aromatic carbocycles. The predicted molar refractivity (Wildman–Crippen MR) is 118 cm³/mol. The van der Waals surface area contributed by atoms with Crippen LogP contribution in [0.4, 0.5) is 0 Å². The maximum absolute atomic E-state index is 12.9. The minimum Gasteiger partial charge on any atom is -0.460 e. The lowest BCUT2D eigenvalue weighted by Gasteiger charge is -2.05. The number of fused-ring (bicyclic) bond motifs is 3.